The van der Waals surface area contributed by atoms with E-state index in [-0.39, 0.29) is 11.6 Å². The van der Waals surface area contributed by atoms with Crippen LogP contribution in [-0.2, 0) is 0 Å². The monoisotopic (exact) mass is 298 g/mol. The highest BCUT2D eigenvalue weighted by molar-refractivity contribution is 5.62. The molecule has 0 aliphatic heterocycles. The highest BCUT2D eigenvalue weighted by atomic mass is 16.5. The zero-order valence-corrected chi connectivity index (χ0v) is 13.1. The zero-order chi connectivity index (χ0) is 15.7. The number of hydrogen-bond donors (Lipinski definition) is 1. The van der Waals surface area contributed by atoms with Crippen molar-refractivity contribution >= 4 is 0 Å². The third-order valence-corrected chi connectivity index (χ3v) is 3.99. The van der Waals surface area contributed by atoms with Crippen molar-refractivity contribution in [1.82, 2.24) is 4.57 Å². The van der Waals surface area contributed by atoms with Crippen LogP contribution in [0.25, 0.3) is 11.3 Å². The van der Waals surface area contributed by atoms with E-state index in [4.69, 9.17) is 10.5 Å². The van der Waals surface area contributed by atoms with Gasteiger partial charge in [-0.05, 0) is 51.0 Å². The van der Waals surface area contributed by atoms with Gasteiger partial charge < -0.3 is 15.0 Å². The predicted octanol–water partition coefficient (Wildman–Crippen LogP) is 3.27. The topological polar surface area (TPSA) is 57.2 Å². The Morgan fingerprint density at radius 1 is 1.32 bits per heavy atom. The van der Waals surface area contributed by atoms with Gasteiger partial charge in [-0.15, -0.1) is 0 Å². The molecule has 1 aliphatic carbocycles. The summed E-state index contributed by atoms with van der Waals surface area (Å²) in [7, 11) is 0. The summed E-state index contributed by atoms with van der Waals surface area (Å²) >= 11 is 0. The molecule has 4 nitrogen and oxygen atoms in total. The quantitative estimate of drug-likeness (QED) is 0.921. The summed E-state index contributed by atoms with van der Waals surface area (Å²) in [5, 5.41) is 0. The van der Waals surface area contributed by atoms with E-state index in [9.17, 15) is 4.79 Å². The van der Waals surface area contributed by atoms with Gasteiger partial charge in [0.2, 0.25) is 0 Å². The fourth-order valence-electron chi connectivity index (χ4n) is 2.76. The first-order chi connectivity index (χ1) is 10.6. The molecule has 1 atom stereocenters. The lowest BCUT2D eigenvalue weighted by molar-refractivity contribution is 0.340. The molecule has 116 valence electrons. The maximum absolute atomic E-state index is 12.7. The van der Waals surface area contributed by atoms with Crippen LogP contribution in [0.15, 0.2) is 41.2 Å². The van der Waals surface area contributed by atoms with E-state index in [1.54, 1.807) is 0 Å². The van der Waals surface area contributed by atoms with Crippen LogP contribution in [0, 0.1) is 0 Å². The zero-order valence-electron chi connectivity index (χ0n) is 13.1. The van der Waals surface area contributed by atoms with Crippen LogP contribution in [0.5, 0.6) is 5.75 Å². The number of ether oxygens (including phenoxy) is 1. The molecule has 1 aromatic carbocycles. The van der Waals surface area contributed by atoms with Crippen LogP contribution in [0.4, 0.5) is 0 Å². The average molecular weight is 298 g/mol. The molecule has 22 heavy (non-hydrogen) atoms. The van der Waals surface area contributed by atoms with Crippen molar-refractivity contribution in [1.29, 1.82) is 0 Å². The number of nitrogens with zero attached hydrogens (tertiary/aromatic N) is 1. The summed E-state index contributed by atoms with van der Waals surface area (Å²) in [5.41, 5.74) is 8.59. The van der Waals surface area contributed by atoms with Crippen molar-refractivity contribution < 1.29 is 4.74 Å². The van der Waals surface area contributed by atoms with E-state index >= 15 is 0 Å². The minimum atomic E-state index is -0.249. The number of pyridine rings is 1. The van der Waals surface area contributed by atoms with Gasteiger partial charge in [-0.3, -0.25) is 4.79 Å². The van der Waals surface area contributed by atoms with Gasteiger partial charge in [-0.2, -0.15) is 0 Å². The van der Waals surface area contributed by atoms with Crippen molar-refractivity contribution in [3.63, 3.8) is 0 Å². The second-order valence-electron chi connectivity index (χ2n) is 5.83. The van der Waals surface area contributed by atoms with Crippen LogP contribution in [0.1, 0.15) is 44.3 Å². The fourth-order valence-corrected chi connectivity index (χ4v) is 2.76. The summed E-state index contributed by atoms with van der Waals surface area (Å²) in [4.78, 5) is 12.7. The van der Waals surface area contributed by atoms with Gasteiger partial charge in [0.15, 0.2) is 0 Å². The Kier molecular flexibility index (Phi) is 4.03. The first-order valence-corrected chi connectivity index (χ1v) is 7.86. The van der Waals surface area contributed by atoms with E-state index in [2.05, 4.69) is 0 Å². The Morgan fingerprint density at radius 3 is 2.73 bits per heavy atom. The Labute approximate surface area is 130 Å². The number of nitrogens with two attached hydrogens (primary N) is 1. The third-order valence-electron chi connectivity index (χ3n) is 3.99. The first-order valence-electron chi connectivity index (χ1n) is 7.86. The number of aromatic nitrogens is 1. The molecule has 0 spiro atoms. The SMILES string of the molecule is CCOc1cccc(-c2ccc(C(C)N)c(=O)n2C2CC2)c1. The molecular weight excluding hydrogens is 276 g/mol. The van der Waals surface area contributed by atoms with Gasteiger partial charge in [0, 0.05) is 23.2 Å². The van der Waals surface area contributed by atoms with Crippen LogP contribution >= 0.6 is 0 Å². The number of benzene rings is 1. The van der Waals surface area contributed by atoms with Crippen LogP contribution in [0.3, 0.4) is 0 Å². The Hall–Kier alpha value is -2.07. The molecule has 2 N–H and O–H groups in total. The predicted molar refractivity (Wildman–Crippen MR) is 88.2 cm³/mol. The highest BCUT2D eigenvalue weighted by Gasteiger charge is 2.28. The van der Waals surface area contributed by atoms with E-state index in [0.717, 1.165) is 29.8 Å². The van der Waals surface area contributed by atoms with E-state index < -0.39 is 0 Å². The summed E-state index contributed by atoms with van der Waals surface area (Å²) < 4.78 is 7.48. The lowest BCUT2D eigenvalue weighted by atomic mass is 10.1. The van der Waals surface area contributed by atoms with Crippen LogP contribution < -0.4 is 16.0 Å². The number of hydrogen-bond acceptors (Lipinski definition) is 3. The first kappa shape index (κ1) is 14.9. The third kappa shape index (κ3) is 2.79. The van der Waals surface area contributed by atoms with Crippen molar-refractivity contribution in [3.8, 4) is 17.0 Å². The molecule has 0 amide bonds. The van der Waals surface area contributed by atoms with Crippen molar-refractivity contribution in [2.75, 3.05) is 6.61 Å². The van der Waals surface area contributed by atoms with Crippen molar-refractivity contribution in [2.45, 2.75) is 38.8 Å². The van der Waals surface area contributed by atoms with Gasteiger partial charge in [0.05, 0.1) is 12.3 Å². The molecule has 3 rings (SSSR count). The van der Waals surface area contributed by atoms with E-state index in [1.807, 2.05) is 54.8 Å². The largest absolute Gasteiger partial charge is 0.494 e. The number of rotatable bonds is 5. The molecule has 0 radical (unpaired) electrons. The summed E-state index contributed by atoms with van der Waals surface area (Å²) in [6.45, 7) is 4.44. The minimum Gasteiger partial charge on any atom is -0.494 e. The van der Waals surface area contributed by atoms with Crippen molar-refractivity contribution in [3.05, 3.63) is 52.3 Å². The smallest absolute Gasteiger partial charge is 0.256 e. The summed E-state index contributed by atoms with van der Waals surface area (Å²) in [5.74, 6) is 0.825. The van der Waals surface area contributed by atoms with Crippen molar-refractivity contribution in [2.24, 2.45) is 5.73 Å². The molecule has 1 unspecified atom stereocenters. The van der Waals surface area contributed by atoms with E-state index in [1.165, 1.54) is 0 Å². The van der Waals surface area contributed by atoms with Crippen LogP contribution in [-0.4, -0.2) is 11.2 Å². The Balaban J connectivity index is 2.13. The van der Waals surface area contributed by atoms with Gasteiger partial charge in [-0.25, -0.2) is 0 Å². The molecule has 1 fully saturated rings. The molecule has 1 aliphatic rings. The molecule has 1 saturated carbocycles. The Morgan fingerprint density at radius 2 is 2.09 bits per heavy atom. The Bertz CT molecular complexity index is 730. The molecular formula is C18H22N2O2. The lowest BCUT2D eigenvalue weighted by Crippen LogP contribution is -2.27. The molecule has 0 saturated heterocycles. The maximum atomic E-state index is 12.7. The van der Waals surface area contributed by atoms with Crippen LogP contribution in [0.2, 0.25) is 0 Å². The summed E-state index contributed by atoms with van der Waals surface area (Å²) in [6.07, 6.45) is 2.11. The van der Waals surface area contributed by atoms with E-state index in [0.29, 0.717) is 18.2 Å². The lowest BCUT2D eigenvalue weighted by Gasteiger charge is -2.16. The second kappa shape index (κ2) is 5.97. The standard InChI is InChI=1S/C18H22N2O2/c1-3-22-15-6-4-5-13(11-15)17-10-9-16(12(2)19)18(21)20(17)14-7-8-14/h4-6,9-12,14H,3,7-8,19H2,1-2H3. The molecule has 2 aromatic rings. The molecule has 0 bridgehead atoms. The molecule has 1 aromatic heterocycles. The summed E-state index contributed by atoms with van der Waals surface area (Å²) in [6, 6.07) is 11.8. The minimum absolute atomic E-state index is 0.0387. The normalized spacial score (nSPS) is 15.6. The van der Waals surface area contributed by atoms with Gasteiger partial charge in [0.1, 0.15) is 5.75 Å². The van der Waals surface area contributed by atoms with Gasteiger partial charge in [0.25, 0.3) is 5.56 Å². The van der Waals surface area contributed by atoms with Gasteiger partial charge in [-0.1, -0.05) is 12.1 Å². The molecule has 4 heteroatoms. The molecule has 1 heterocycles. The second-order valence-corrected chi connectivity index (χ2v) is 5.83. The highest BCUT2D eigenvalue weighted by Crippen LogP contribution is 2.37. The maximum Gasteiger partial charge on any atom is 0.256 e. The average Bonchev–Trinajstić information content (AvgIpc) is 3.31. The van der Waals surface area contributed by atoms with Gasteiger partial charge >= 0.3 is 0 Å². The fraction of sp³-hybridized carbons (Fsp3) is 0.389.